The third kappa shape index (κ3) is 3.07. The molecule has 142 valence electrons. The Hall–Kier alpha value is -1.40. The van der Waals surface area contributed by atoms with Crippen molar-refractivity contribution >= 4 is 11.6 Å². The second kappa shape index (κ2) is 6.64. The van der Waals surface area contributed by atoms with Gasteiger partial charge in [0.05, 0.1) is 24.4 Å². The fourth-order valence-electron chi connectivity index (χ4n) is 5.41. The lowest BCUT2D eigenvalue weighted by atomic mass is 9.99. The third-order valence-electron chi connectivity index (χ3n) is 6.81. The van der Waals surface area contributed by atoms with Crippen LogP contribution in [0.15, 0.2) is 12.4 Å². The van der Waals surface area contributed by atoms with Gasteiger partial charge in [-0.15, -0.1) is 0 Å². The molecule has 2 saturated heterocycles. The summed E-state index contributed by atoms with van der Waals surface area (Å²) in [6, 6.07) is 2.18. The molecule has 2 saturated carbocycles. The lowest BCUT2D eigenvalue weighted by Gasteiger charge is -2.42. The highest BCUT2D eigenvalue weighted by atomic mass is 16.5. The Bertz CT molecular complexity index is 589. The molecule has 0 radical (unpaired) electrons. The number of ether oxygens (including phenoxy) is 2. The lowest BCUT2D eigenvalue weighted by molar-refractivity contribution is -0.0505. The number of aromatic nitrogens is 2. The van der Waals surface area contributed by atoms with E-state index in [1.807, 2.05) is 0 Å². The first-order chi connectivity index (χ1) is 12.8. The standard InChI is InChI=1S/C20H30N4O2/c1-2-6-19(5-1)14-23(9-11-25-19)17-13-18(22-16-21-17)24-10-12-26-20(15-24)7-3-4-8-20/h13,16H,1-12,14-15H2. The normalized spacial score (nSPS) is 27.5. The van der Waals surface area contributed by atoms with Gasteiger partial charge >= 0.3 is 0 Å². The molecule has 3 heterocycles. The minimum Gasteiger partial charge on any atom is -0.371 e. The van der Waals surface area contributed by atoms with Crippen LogP contribution in [-0.4, -0.2) is 60.6 Å². The second-order valence-electron chi connectivity index (χ2n) is 8.55. The van der Waals surface area contributed by atoms with Gasteiger partial charge in [0.1, 0.15) is 18.0 Å². The molecule has 6 nitrogen and oxygen atoms in total. The summed E-state index contributed by atoms with van der Waals surface area (Å²) in [5.41, 5.74) is 0.131. The van der Waals surface area contributed by atoms with Crippen LogP contribution in [0.1, 0.15) is 51.4 Å². The van der Waals surface area contributed by atoms with Crippen molar-refractivity contribution in [2.24, 2.45) is 0 Å². The third-order valence-corrected chi connectivity index (χ3v) is 6.81. The van der Waals surface area contributed by atoms with Gasteiger partial charge in [-0.2, -0.15) is 0 Å². The molecule has 0 bridgehead atoms. The molecule has 4 aliphatic rings. The van der Waals surface area contributed by atoms with Crippen molar-refractivity contribution in [3.8, 4) is 0 Å². The van der Waals surface area contributed by atoms with Crippen molar-refractivity contribution in [1.82, 2.24) is 9.97 Å². The van der Waals surface area contributed by atoms with Crippen LogP contribution in [0.4, 0.5) is 11.6 Å². The lowest BCUT2D eigenvalue weighted by Crippen LogP contribution is -2.51. The summed E-state index contributed by atoms with van der Waals surface area (Å²) in [4.78, 5) is 14.0. The van der Waals surface area contributed by atoms with Crippen LogP contribution < -0.4 is 9.80 Å². The van der Waals surface area contributed by atoms with Crippen LogP contribution in [-0.2, 0) is 9.47 Å². The van der Waals surface area contributed by atoms with Gasteiger partial charge in [0.15, 0.2) is 0 Å². The summed E-state index contributed by atoms with van der Waals surface area (Å²) < 4.78 is 12.4. The van der Waals surface area contributed by atoms with Gasteiger partial charge < -0.3 is 19.3 Å². The van der Waals surface area contributed by atoms with Crippen LogP contribution >= 0.6 is 0 Å². The smallest absolute Gasteiger partial charge is 0.134 e. The molecule has 2 aliphatic heterocycles. The molecule has 5 rings (SSSR count). The first-order valence-electron chi connectivity index (χ1n) is 10.4. The monoisotopic (exact) mass is 358 g/mol. The van der Waals surface area contributed by atoms with Crippen LogP contribution in [0.5, 0.6) is 0 Å². The molecule has 1 aromatic rings. The highest BCUT2D eigenvalue weighted by Crippen LogP contribution is 2.38. The van der Waals surface area contributed by atoms with Crippen LogP contribution in [0.2, 0.25) is 0 Å². The molecule has 4 fully saturated rings. The van der Waals surface area contributed by atoms with E-state index in [0.29, 0.717) is 0 Å². The fourth-order valence-corrected chi connectivity index (χ4v) is 5.41. The zero-order valence-corrected chi connectivity index (χ0v) is 15.7. The van der Waals surface area contributed by atoms with E-state index < -0.39 is 0 Å². The van der Waals surface area contributed by atoms with E-state index in [9.17, 15) is 0 Å². The minimum atomic E-state index is 0.0657. The number of hydrogen-bond donors (Lipinski definition) is 0. The number of nitrogens with zero attached hydrogens (tertiary/aromatic N) is 4. The highest BCUT2D eigenvalue weighted by molar-refractivity contribution is 5.51. The first kappa shape index (κ1) is 16.8. The molecule has 6 heteroatoms. The van der Waals surface area contributed by atoms with Gasteiger partial charge in [0.2, 0.25) is 0 Å². The fraction of sp³-hybridized carbons (Fsp3) is 0.800. The molecule has 0 unspecified atom stereocenters. The summed E-state index contributed by atoms with van der Waals surface area (Å²) >= 11 is 0. The maximum atomic E-state index is 6.18. The minimum absolute atomic E-state index is 0.0657. The zero-order valence-electron chi connectivity index (χ0n) is 15.7. The van der Waals surface area contributed by atoms with Crippen molar-refractivity contribution in [2.75, 3.05) is 49.2 Å². The molecule has 0 N–H and O–H groups in total. The van der Waals surface area contributed by atoms with Crippen molar-refractivity contribution in [2.45, 2.75) is 62.6 Å². The summed E-state index contributed by atoms with van der Waals surface area (Å²) in [7, 11) is 0. The van der Waals surface area contributed by atoms with Crippen molar-refractivity contribution in [3.63, 3.8) is 0 Å². The largest absolute Gasteiger partial charge is 0.371 e. The second-order valence-corrected chi connectivity index (χ2v) is 8.55. The Morgan fingerprint density at radius 2 is 1.19 bits per heavy atom. The summed E-state index contributed by atoms with van der Waals surface area (Å²) in [5.74, 6) is 2.10. The zero-order chi connectivity index (χ0) is 17.5. The number of hydrogen-bond acceptors (Lipinski definition) is 6. The predicted molar refractivity (Wildman–Crippen MR) is 101 cm³/mol. The molecule has 2 spiro atoms. The summed E-state index contributed by atoms with van der Waals surface area (Å²) in [6.45, 7) is 5.39. The molecular weight excluding hydrogens is 328 g/mol. The average Bonchev–Trinajstić information content (AvgIpc) is 3.32. The Labute approximate surface area is 155 Å². The SMILES string of the molecule is c1nc(N2CCOC3(CCCC3)C2)cc(N2CCOC3(CCCC3)C2)n1. The van der Waals surface area contributed by atoms with Crippen LogP contribution in [0.25, 0.3) is 0 Å². The van der Waals surface area contributed by atoms with E-state index in [1.165, 1.54) is 51.4 Å². The molecule has 2 aliphatic carbocycles. The van der Waals surface area contributed by atoms with Crippen molar-refractivity contribution < 1.29 is 9.47 Å². The molecule has 0 amide bonds. The van der Waals surface area contributed by atoms with Gasteiger partial charge in [-0.3, -0.25) is 0 Å². The molecular formula is C20H30N4O2. The van der Waals surface area contributed by atoms with Gasteiger partial charge in [0.25, 0.3) is 0 Å². The van der Waals surface area contributed by atoms with E-state index in [0.717, 1.165) is 51.0 Å². The Balaban J connectivity index is 1.34. The quantitative estimate of drug-likeness (QED) is 0.810. The average molecular weight is 358 g/mol. The molecule has 26 heavy (non-hydrogen) atoms. The van der Waals surface area contributed by atoms with Crippen LogP contribution in [0.3, 0.4) is 0 Å². The van der Waals surface area contributed by atoms with E-state index in [-0.39, 0.29) is 11.2 Å². The summed E-state index contributed by atoms with van der Waals surface area (Å²) in [5, 5.41) is 0. The Morgan fingerprint density at radius 3 is 1.65 bits per heavy atom. The van der Waals surface area contributed by atoms with Crippen molar-refractivity contribution in [1.29, 1.82) is 0 Å². The van der Waals surface area contributed by atoms with E-state index in [4.69, 9.17) is 9.47 Å². The number of rotatable bonds is 2. The van der Waals surface area contributed by atoms with Gasteiger partial charge in [-0.25, -0.2) is 9.97 Å². The number of morpholine rings is 2. The maximum absolute atomic E-state index is 6.18. The van der Waals surface area contributed by atoms with E-state index >= 15 is 0 Å². The first-order valence-corrected chi connectivity index (χ1v) is 10.4. The van der Waals surface area contributed by atoms with Gasteiger partial charge in [0, 0.05) is 32.2 Å². The van der Waals surface area contributed by atoms with Crippen molar-refractivity contribution in [3.05, 3.63) is 12.4 Å². The van der Waals surface area contributed by atoms with Gasteiger partial charge in [-0.05, 0) is 25.7 Å². The number of anilines is 2. The molecule has 0 aromatic carbocycles. The Morgan fingerprint density at radius 1 is 0.731 bits per heavy atom. The van der Waals surface area contributed by atoms with Gasteiger partial charge in [-0.1, -0.05) is 25.7 Å². The highest BCUT2D eigenvalue weighted by Gasteiger charge is 2.41. The Kier molecular flexibility index (Phi) is 4.28. The van der Waals surface area contributed by atoms with E-state index in [2.05, 4.69) is 25.8 Å². The summed E-state index contributed by atoms with van der Waals surface area (Å²) in [6.07, 6.45) is 11.6. The molecule has 0 atom stereocenters. The van der Waals surface area contributed by atoms with E-state index in [1.54, 1.807) is 6.33 Å². The maximum Gasteiger partial charge on any atom is 0.134 e. The molecule has 1 aromatic heterocycles. The predicted octanol–water partition coefficient (Wildman–Crippen LogP) is 2.78. The topological polar surface area (TPSA) is 50.7 Å². The van der Waals surface area contributed by atoms with Crippen LogP contribution in [0, 0.1) is 0 Å².